The Kier molecular flexibility index (Phi) is 4.44. The zero-order valence-corrected chi connectivity index (χ0v) is 8.85. The van der Waals surface area contributed by atoms with Crippen molar-refractivity contribution < 1.29 is 9.13 Å². The van der Waals surface area contributed by atoms with Crippen molar-refractivity contribution in [3.8, 4) is 5.75 Å². The lowest BCUT2D eigenvalue weighted by atomic mass is 10.1. The van der Waals surface area contributed by atoms with Crippen LogP contribution in [-0.2, 0) is 6.42 Å². The molecule has 0 bridgehead atoms. The highest BCUT2D eigenvalue weighted by Gasteiger charge is 2.03. The summed E-state index contributed by atoms with van der Waals surface area (Å²) in [7, 11) is 0. The Bertz CT molecular complexity index is 284. The Balaban J connectivity index is 2.68. The molecule has 2 heteroatoms. The summed E-state index contributed by atoms with van der Waals surface area (Å²) in [4.78, 5) is 0. The highest BCUT2D eigenvalue weighted by molar-refractivity contribution is 5.29. The minimum atomic E-state index is -0.246. The van der Waals surface area contributed by atoms with E-state index < -0.39 is 0 Å². The molecule has 1 nitrogen and oxygen atoms in total. The Morgan fingerprint density at radius 3 is 2.57 bits per heavy atom. The molecular formula is C12H17FO. The second kappa shape index (κ2) is 5.63. The lowest BCUT2D eigenvalue weighted by molar-refractivity contribution is 0.301. The molecule has 0 aliphatic heterocycles. The predicted octanol–water partition coefficient (Wildman–Crippen LogP) is 3.57. The third kappa shape index (κ3) is 3.02. The van der Waals surface area contributed by atoms with Crippen LogP contribution in [0.15, 0.2) is 18.2 Å². The molecule has 0 aliphatic carbocycles. The maximum absolute atomic E-state index is 13.4. The number of ether oxygens (including phenoxy) is 1. The summed E-state index contributed by atoms with van der Waals surface area (Å²) in [5.74, 6) is 0.121. The molecule has 14 heavy (non-hydrogen) atoms. The van der Waals surface area contributed by atoms with E-state index in [1.165, 1.54) is 0 Å². The van der Waals surface area contributed by atoms with Gasteiger partial charge in [-0.1, -0.05) is 26.3 Å². The molecule has 0 N–H and O–H groups in total. The monoisotopic (exact) mass is 196 g/mol. The van der Waals surface area contributed by atoms with Crippen LogP contribution < -0.4 is 4.74 Å². The molecule has 0 saturated heterocycles. The van der Waals surface area contributed by atoms with E-state index in [1.54, 1.807) is 12.1 Å². The van der Waals surface area contributed by atoms with Crippen LogP contribution in [0.2, 0.25) is 0 Å². The lowest BCUT2D eigenvalue weighted by Gasteiger charge is -2.06. The van der Waals surface area contributed by atoms with Crippen LogP contribution in [0.25, 0.3) is 0 Å². The zero-order chi connectivity index (χ0) is 10.4. The van der Waals surface area contributed by atoms with Crippen molar-refractivity contribution in [1.82, 2.24) is 0 Å². The summed E-state index contributed by atoms with van der Waals surface area (Å²) in [6.07, 6.45) is 2.86. The van der Waals surface area contributed by atoms with Gasteiger partial charge in [0.15, 0.2) is 11.6 Å². The standard InChI is InChI=1S/C12H17FO/c1-3-5-10-6-7-12(11(13)9-10)14-8-4-2/h6-7,9H,3-5,8H2,1-2H3. The summed E-state index contributed by atoms with van der Waals surface area (Å²) >= 11 is 0. The largest absolute Gasteiger partial charge is 0.491 e. The van der Waals surface area contributed by atoms with Gasteiger partial charge >= 0.3 is 0 Å². The molecule has 0 radical (unpaired) electrons. The second-order valence-electron chi connectivity index (χ2n) is 3.36. The van der Waals surface area contributed by atoms with Crippen molar-refractivity contribution in [2.75, 3.05) is 6.61 Å². The Labute approximate surface area is 84.9 Å². The number of rotatable bonds is 5. The Morgan fingerprint density at radius 1 is 1.21 bits per heavy atom. The van der Waals surface area contributed by atoms with E-state index in [2.05, 4.69) is 6.92 Å². The quantitative estimate of drug-likeness (QED) is 0.699. The molecule has 0 amide bonds. The van der Waals surface area contributed by atoms with E-state index in [0.717, 1.165) is 24.8 Å². The highest BCUT2D eigenvalue weighted by atomic mass is 19.1. The molecule has 0 heterocycles. The number of benzene rings is 1. The summed E-state index contributed by atoms with van der Waals surface area (Å²) in [5, 5.41) is 0. The lowest BCUT2D eigenvalue weighted by Crippen LogP contribution is -1.98. The van der Waals surface area contributed by atoms with Gasteiger partial charge in [0.2, 0.25) is 0 Å². The van der Waals surface area contributed by atoms with Gasteiger partial charge in [0, 0.05) is 0 Å². The molecule has 0 atom stereocenters. The number of hydrogen-bond donors (Lipinski definition) is 0. The normalized spacial score (nSPS) is 10.2. The van der Waals surface area contributed by atoms with Crippen LogP contribution in [0.5, 0.6) is 5.75 Å². The molecule has 0 saturated carbocycles. The van der Waals surface area contributed by atoms with Gasteiger partial charge in [-0.25, -0.2) is 4.39 Å². The first-order chi connectivity index (χ1) is 6.77. The third-order valence-electron chi connectivity index (χ3n) is 2.00. The van der Waals surface area contributed by atoms with Crippen molar-refractivity contribution >= 4 is 0 Å². The fourth-order valence-corrected chi connectivity index (χ4v) is 1.32. The number of aryl methyl sites for hydroxylation is 1. The van der Waals surface area contributed by atoms with Crippen LogP contribution in [0, 0.1) is 5.82 Å². The van der Waals surface area contributed by atoms with Gasteiger partial charge in [-0.2, -0.15) is 0 Å². The van der Waals surface area contributed by atoms with E-state index in [-0.39, 0.29) is 5.82 Å². The van der Waals surface area contributed by atoms with Crippen LogP contribution in [0.4, 0.5) is 4.39 Å². The fourth-order valence-electron chi connectivity index (χ4n) is 1.32. The third-order valence-corrected chi connectivity index (χ3v) is 2.00. The predicted molar refractivity (Wildman–Crippen MR) is 56.2 cm³/mol. The molecule has 78 valence electrons. The zero-order valence-electron chi connectivity index (χ0n) is 8.85. The van der Waals surface area contributed by atoms with Crippen LogP contribution in [0.3, 0.4) is 0 Å². The minimum Gasteiger partial charge on any atom is -0.491 e. The number of hydrogen-bond acceptors (Lipinski definition) is 1. The van der Waals surface area contributed by atoms with E-state index in [1.807, 2.05) is 13.0 Å². The van der Waals surface area contributed by atoms with Gasteiger partial charge < -0.3 is 4.74 Å². The molecule has 0 fully saturated rings. The van der Waals surface area contributed by atoms with E-state index in [4.69, 9.17) is 4.74 Å². The molecule has 0 aromatic heterocycles. The molecule has 0 aliphatic rings. The van der Waals surface area contributed by atoms with Gasteiger partial charge in [-0.15, -0.1) is 0 Å². The van der Waals surface area contributed by atoms with Crippen molar-refractivity contribution in [3.05, 3.63) is 29.6 Å². The van der Waals surface area contributed by atoms with Gasteiger partial charge in [0.1, 0.15) is 0 Å². The molecule has 1 rings (SSSR count). The number of halogens is 1. The van der Waals surface area contributed by atoms with E-state index >= 15 is 0 Å². The average molecular weight is 196 g/mol. The average Bonchev–Trinajstić information content (AvgIpc) is 2.17. The maximum Gasteiger partial charge on any atom is 0.165 e. The van der Waals surface area contributed by atoms with Crippen LogP contribution in [0.1, 0.15) is 32.3 Å². The summed E-state index contributed by atoms with van der Waals surface area (Å²) < 4.78 is 18.6. The molecule has 0 spiro atoms. The summed E-state index contributed by atoms with van der Waals surface area (Å²) in [5.41, 5.74) is 1.04. The molecule has 1 aromatic carbocycles. The second-order valence-corrected chi connectivity index (χ2v) is 3.36. The molecule has 0 unspecified atom stereocenters. The van der Waals surface area contributed by atoms with Gasteiger partial charge in [0.05, 0.1) is 6.61 Å². The smallest absolute Gasteiger partial charge is 0.165 e. The van der Waals surface area contributed by atoms with Crippen molar-refractivity contribution in [1.29, 1.82) is 0 Å². The first-order valence-corrected chi connectivity index (χ1v) is 5.19. The van der Waals surface area contributed by atoms with Gasteiger partial charge in [-0.3, -0.25) is 0 Å². The SMILES string of the molecule is CCCOc1ccc(CCC)cc1F. The highest BCUT2D eigenvalue weighted by Crippen LogP contribution is 2.19. The van der Waals surface area contributed by atoms with E-state index in [9.17, 15) is 4.39 Å². The summed E-state index contributed by atoms with van der Waals surface area (Å²) in [6.45, 7) is 4.66. The molecule has 1 aromatic rings. The first-order valence-electron chi connectivity index (χ1n) is 5.19. The Morgan fingerprint density at radius 2 is 2.00 bits per heavy atom. The van der Waals surface area contributed by atoms with E-state index in [0.29, 0.717) is 12.4 Å². The topological polar surface area (TPSA) is 9.23 Å². The van der Waals surface area contributed by atoms with Gasteiger partial charge in [0.25, 0.3) is 0 Å². The van der Waals surface area contributed by atoms with Crippen molar-refractivity contribution in [2.24, 2.45) is 0 Å². The Hall–Kier alpha value is -1.05. The van der Waals surface area contributed by atoms with Crippen LogP contribution in [-0.4, -0.2) is 6.61 Å². The van der Waals surface area contributed by atoms with Crippen molar-refractivity contribution in [2.45, 2.75) is 33.1 Å². The maximum atomic E-state index is 13.4. The van der Waals surface area contributed by atoms with Crippen molar-refractivity contribution in [3.63, 3.8) is 0 Å². The molecular weight excluding hydrogens is 179 g/mol. The van der Waals surface area contributed by atoms with Gasteiger partial charge in [-0.05, 0) is 30.5 Å². The summed E-state index contributed by atoms with van der Waals surface area (Å²) in [6, 6.07) is 5.21. The van der Waals surface area contributed by atoms with Crippen LogP contribution >= 0.6 is 0 Å². The minimum absolute atomic E-state index is 0.246. The first kappa shape index (κ1) is 11.0. The fraction of sp³-hybridized carbons (Fsp3) is 0.500.